The molecule has 2 N–H and O–H groups in total. The largest absolute Gasteiger partial charge is 0.510 e. The Bertz CT molecular complexity index is 2330. The third-order valence-corrected chi connectivity index (χ3v) is 7.47. The number of fused-ring (bicyclic) bond motifs is 5. The van der Waals surface area contributed by atoms with Crippen molar-refractivity contribution in [3.63, 3.8) is 0 Å². The van der Waals surface area contributed by atoms with Gasteiger partial charge in [-0.05, 0) is 48.6 Å². The Morgan fingerprint density at radius 1 is 0.511 bits per heavy atom. The molecule has 0 saturated heterocycles. The molecule has 3 aromatic rings. The number of nitrogens with one attached hydrogen (secondary N) is 1. The standard InChI is InChI=1S/C32H12F10N4O/c33-22-20(23(34)27(38)30(41)26(22)37)18-14-5-3-12(44-14)7-10-1-2-11(43-10)8-13-4-6-15(45-13)19(32-17(47)9-16(18)46-32)21-24(35)28(39)31(42)29(40)25(21)36/h1-8,43,47H,9H2. The molecule has 4 aliphatic heterocycles. The van der Waals surface area contributed by atoms with E-state index >= 15 is 17.6 Å². The van der Waals surface area contributed by atoms with Gasteiger partial charge in [0.25, 0.3) is 0 Å². The van der Waals surface area contributed by atoms with Crippen molar-refractivity contribution < 1.29 is 49.0 Å². The fourth-order valence-corrected chi connectivity index (χ4v) is 5.37. The fourth-order valence-electron chi connectivity index (χ4n) is 5.37. The number of aliphatic imine (C=N–C) groups is 3. The molecule has 0 saturated carbocycles. The van der Waals surface area contributed by atoms with Gasteiger partial charge in [0.05, 0.1) is 46.1 Å². The van der Waals surface area contributed by atoms with Gasteiger partial charge in [0.1, 0.15) is 11.5 Å². The summed E-state index contributed by atoms with van der Waals surface area (Å²) in [5.41, 5.74) is -6.88. The van der Waals surface area contributed by atoms with E-state index in [1.807, 2.05) is 0 Å². The van der Waals surface area contributed by atoms with Crippen molar-refractivity contribution in [2.24, 2.45) is 15.0 Å². The summed E-state index contributed by atoms with van der Waals surface area (Å²) >= 11 is 0. The number of hydrogen-bond donors (Lipinski definition) is 2. The zero-order chi connectivity index (χ0) is 33.5. The maximum absolute atomic E-state index is 15.3. The lowest BCUT2D eigenvalue weighted by atomic mass is 9.95. The quantitative estimate of drug-likeness (QED) is 0.186. The predicted molar refractivity (Wildman–Crippen MR) is 150 cm³/mol. The molecule has 236 valence electrons. The number of allylic oxidation sites excluding steroid dienone is 7. The normalized spacial score (nSPS) is 17.0. The smallest absolute Gasteiger partial charge is 0.200 e. The van der Waals surface area contributed by atoms with E-state index in [0.29, 0.717) is 10.7 Å². The van der Waals surface area contributed by atoms with Crippen LogP contribution in [0.5, 0.6) is 0 Å². The second-order valence-corrected chi connectivity index (χ2v) is 10.3. The summed E-state index contributed by atoms with van der Waals surface area (Å²) < 4.78 is 147. The van der Waals surface area contributed by atoms with Crippen LogP contribution in [-0.4, -0.2) is 27.2 Å². The van der Waals surface area contributed by atoms with Gasteiger partial charge in [-0.25, -0.2) is 58.9 Å². The second-order valence-electron chi connectivity index (χ2n) is 10.3. The molecule has 0 amide bonds. The van der Waals surface area contributed by atoms with Gasteiger partial charge in [-0.1, -0.05) is 0 Å². The van der Waals surface area contributed by atoms with Crippen LogP contribution < -0.4 is 10.7 Å². The maximum Gasteiger partial charge on any atom is 0.200 e. The topological polar surface area (TPSA) is 73.1 Å². The zero-order valence-electron chi connectivity index (χ0n) is 22.9. The number of H-pyrrole nitrogens is 1. The third-order valence-electron chi connectivity index (χ3n) is 7.47. The minimum atomic E-state index is -2.48. The van der Waals surface area contributed by atoms with Gasteiger partial charge in [-0.15, -0.1) is 0 Å². The molecule has 15 heteroatoms. The minimum Gasteiger partial charge on any atom is -0.510 e. The van der Waals surface area contributed by atoms with Crippen molar-refractivity contribution in [2.75, 3.05) is 0 Å². The van der Waals surface area contributed by atoms with Gasteiger partial charge >= 0.3 is 0 Å². The molecule has 1 aromatic heterocycles. The van der Waals surface area contributed by atoms with E-state index in [9.17, 15) is 31.4 Å². The van der Waals surface area contributed by atoms with Crippen LogP contribution in [0.15, 0.2) is 74.3 Å². The van der Waals surface area contributed by atoms with E-state index in [4.69, 9.17) is 0 Å². The predicted octanol–water partition coefficient (Wildman–Crippen LogP) is 6.44. The average molecular weight is 658 g/mol. The summed E-state index contributed by atoms with van der Waals surface area (Å²) in [7, 11) is 0. The molecule has 5 heterocycles. The first-order valence-corrected chi connectivity index (χ1v) is 13.3. The van der Waals surface area contributed by atoms with Crippen LogP contribution in [0.4, 0.5) is 43.9 Å². The van der Waals surface area contributed by atoms with Gasteiger partial charge < -0.3 is 10.1 Å². The highest BCUT2D eigenvalue weighted by Gasteiger charge is 2.37. The highest BCUT2D eigenvalue weighted by Crippen LogP contribution is 2.43. The number of aliphatic hydroxyl groups excluding tert-OH is 1. The number of aliphatic hydroxyl groups is 1. The lowest BCUT2D eigenvalue weighted by Crippen LogP contribution is -2.13. The van der Waals surface area contributed by atoms with Crippen LogP contribution >= 0.6 is 0 Å². The first kappa shape index (κ1) is 30.0. The SMILES string of the molecule is OC1=C2N=C(C1)C(c1c(F)c(F)c(F)c(F)c1F)=C1C=CC(=N1)C=c1ccc([nH]1)=CC1=NC(=C2c2c(F)c(F)c(F)c(F)c2F)C=C1. The van der Waals surface area contributed by atoms with Crippen molar-refractivity contribution >= 4 is 40.4 Å². The Labute approximate surface area is 255 Å². The molecule has 7 rings (SSSR count). The lowest BCUT2D eigenvalue weighted by molar-refractivity contribution is 0.376. The summed E-state index contributed by atoms with van der Waals surface area (Å²) in [6.45, 7) is 0. The highest BCUT2D eigenvalue weighted by molar-refractivity contribution is 6.29. The van der Waals surface area contributed by atoms with Crippen LogP contribution in [-0.2, 0) is 0 Å². The molecular weight excluding hydrogens is 646 g/mol. The first-order valence-electron chi connectivity index (χ1n) is 13.3. The van der Waals surface area contributed by atoms with E-state index < -0.39 is 115 Å². The van der Waals surface area contributed by atoms with Gasteiger partial charge in [-0.3, -0.25) is 0 Å². The van der Waals surface area contributed by atoms with Gasteiger partial charge in [0, 0.05) is 21.8 Å². The molecular formula is C32H12F10N4O. The molecule has 4 aliphatic rings. The number of aromatic amines is 1. The molecule has 0 spiro atoms. The zero-order valence-corrected chi connectivity index (χ0v) is 22.9. The monoisotopic (exact) mass is 658 g/mol. The number of nitrogens with zero attached hydrogens (tertiary/aromatic N) is 3. The number of aromatic nitrogens is 1. The lowest BCUT2D eigenvalue weighted by Gasteiger charge is -2.14. The van der Waals surface area contributed by atoms with E-state index in [1.165, 1.54) is 24.3 Å². The second kappa shape index (κ2) is 10.7. The third kappa shape index (κ3) is 4.60. The van der Waals surface area contributed by atoms with Crippen LogP contribution in [0.1, 0.15) is 17.5 Å². The first-order chi connectivity index (χ1) is 22.3. The van der Waals surface area contributed by atoms with Crippen molar-refractivity contribution in [3.05, 3.63) is 139 Å². The minimum absolute atomic E-state index is 0.117. The molecule has 0 fully saturated rings. The van der Waals surface area contributed by atoms with Crippen LogP contribution in [0.25, 0.3) is 23.3 Å². The molecule has 0 atom stereocenters. The average Bonchev–Trinajstić information content (AvgIpc) is 3.87. The molecule has 0 aliphatic carbocycles. The summed E-state index contributed by atoms with van der Waals surface area (Å²) in [5, 5.41) is 11.9. The fraction of sp³-hybridized carbons (Fsp3) is 0.0312. The van der Waals surface area contributed by atoms with E-state index in [2.05, 4.69) is 20.0 Å². The number of halogens is 10. The summed E-state index contributed by atoms with van der Waals surface area (Å²) in [6.07, 6.45) is 7.03. The number of rotatable bonds is 2. The molecule has 47 heavy (non-hydrogen) atoms. The Balaban J connectivity index is 1.61. The van der Waals surface area contributed by atoms with Crippen LogP contribution in [0, 0.1) is 58.2 Å². The van der Waals surface area contributed by atoms with Gasteiger partial charge in [0.2, 0.25) is 11.6 Å². The Morgan fingerprint density at radius 3 is 1.38 bits per heavy atom. The maximum atomic E-state index is 15.3. The summed E-state index contributed by atoms with van der Waals surface area (Å²) in [5.74, 6) is -24.4. The van der Waals surface area contributed by atoms with Crippen molar-refractivity contribution in [1.82, 2.24) is 4.98 Å². The van der Waals surface area contributed by atoms with Crippen molar-refractivity contribution in [1.29, 1.82) is 0 Å². The molecule has 8 bridgehead atoms. The van der Waals surface area contributed by atoms with Crippen LogP contribution in [0.2, 0.25) is 0 Å². The summed E-state index contributed by atoms with van der Waals surface area (Å²) in [4.78, 5) is 15.5. The highest BCUT2D eigenvalue weighted by atomic mass is 19.2. The van der Waals surface area contributed by atoms with Crippen LogP contribution in [0.3, 0.4) is 0 Å². The molecule has 0 radical (unpaired) electrons. The molecule has 0 unspecified atom stereocenters. The van der Waals surface area contributed by atoms with E-state index in [-0.39, 0.29) is 11.4 Å². The number of benzene rings is 2. The molecule has 5 nitrogen and oxygen atoms in total. The van der Waals surface area contributed by atoms with E-state index in [1.54, 1.807) is 12.1 Å². The Morgan fingerprint density at radius 2 is 0.915 bits per heavy atom. The Hall–Kier alpha value is -5.73. The van der Waals surface area contributed by atoms with Gasteiger partial charge in [0.15, 0.2) is 46.5 Å². The van der Waals surface area contributed by atoms with Crippen molar-refractivity contribution in [3.8, 4) is 0 Å². The van der Waals surface area contributed by atoms with E-state index in [0.717, 1.165) is 12.2 Å². The summed E-state index contributed by atoms with van der Waals surface area (Å²) in [6, 6.07) is 3.18. The number of hydrogen-bond acceptors (Lipinski definition) is 4. The van der Waals surface area contributed by atoms with Gasteiger partial charge in [-0.2, -0.15) is 0 Å². The molecule has 2 aromatic carbocycles. The Kier molecular flexibility index (Phi) is 6.80. The van der Waals surface area contributed by atoms with Crippen molar-refractivity contribution in [2.45, 2.75) is 6.42 Å².